The SMILES string of the molecule is CC(C)(COc1cc(Br)cc(F)c1F)CS(=O)(=O)Cl. The summed E-state index contributed by atoms with van der Waals surface area (Å²) in [6.07, 6.45) is 0. The van der Waals surface area contributed by atoms with E-state index in [0.717, 1.165) is 6.07 Å². The first-order valence-corrected chi connectivity index (χ1v) is 8.47. The van der Waals surface area contributed by atoms with Crippen molar-refractivity contribution in [1.29, 1.82) is 0 Å². The first-order chi connectivity index (χ1) is 8.50. The van der Waals surface area contributed by atoms with E-state index in [-0.39, 0.29) is 18.1 Å². The largest absolute Gasteiger partial charge is 0.490 e. The fourth-order valence-electron chi connectivity index (χ4n) is 1.42. The molecule has 1 aromatic carbocycles. The molecule has 0 N–H and O–H groups in total. The summed E-state index contributed by atoms with van der Waals surface area (Å²) in [5, 5.41) is 0. The first-order valence-electron chi connectivity index (χ1n) is 5.20. The van der Waals surface area contributed by atoms with E-state index in [4.69, 9.17) is 15.4 Å². The smallest absolute Gasteiger partial charge is 0.233 e. The highest BCUT2D eigenvalue weighted by Crippen LogP contribution is 2.28. The number of hydrogen-bond donors (Lipinski definition) is 0. The maximum absolute atomic E-state index is 13.4. The van der Waals surface area contributed by atoms with Gasteiger partial charge in [-0.1, -0.05) is 29.8 Å². The third-order valence-corrected chi connectivity index (χ3v) is 4.05. The van der Waals surface area contributed by atoms with E-state index in [1.54, 1.807) is 13.8 Å². The summed E-state index contributed by atoms with van der Waals surface area (Å²) in [7, 11) is 1.46. The molecular weight excluding hydrogens is 366 g/mol. The zero-order valence-electron chi connectivity index (χ0n) is 10.2. The van der Waals surface area contributed by atoms with Crippen LogP contribution in [0.15, 0.2) is 16.6 Å². The van der Waals surface area contributed by atoms with Gasteiger partial charge in [0.1, 0.15) is 0 Å². The van der Waals surface area contributed by atoms with Crippen LogP contribution in [0.4, 0.5) is 8.78 Å². The van der Waals surface area contributed by atoms with Crippen molar-refractivity contribution in [2.45, 2.75) is 13.8 Å². The lowest BCUT2D eigenvalue weighted by Gasteiger charge is -2.23. The Bertz CT molecular complexity index is 576. The van der Waals surface area contributed by atoms with E-state index >= 15 is 0 Å². The van der Waals surface area contributed by atoms with Crippen molar-refractivity contribution in [3.8, 4) is 5.75 Å². The van der Waals surface area contributed by atoms with Crippen LogP contribution in [-0.4, -0.2) is 20.8 Å². The quantitative estimate of drug-likeness (QED) is 0.580. The molecule has 0 radical (unpaired) electrons. The summed E-state index contributed by atoms with van der Waals surface area (Å²) in [4.78, 5) is 0. The fourth-order valence-corrected chi connectivity index (χ4v) is 3.73. The number of rotatable bonds is 5. The summed E-state index contributed by atoms with van der Waals surface area (Å²) in [5.74, 6) is -2.79. The Morgan fingerprint density at radius 3 is 2.47 bits per heavy atom. The average molecular weight is 378 g/mol. The number of ether oxygens (including phenoxy) is 1. The van der Waals surface area contributed by atoms with E-state index in [1.807, 2.05) is 0 Å². The highest BCUT2D eigenvalue weighted by molar-refractivity contribution is 9.10. The van der Waals surface area contributed by atoms with Crippen molar-refractivity contribution in [2.75, 3.05) is 12.4 Å². The topological polar surface area (TPSA) is 43.4 Å². The number of halogens is 4. The molecule has 0 heterocycles. The molecule has 0 aromatic heterocycles. The molecule has 0 unspecified atom stereocenters. The second-order valence-electron chi connectivity index (χ2n) is 4.84. The van der Waals surface area contributed by atoms with Crippen LogP contribution in [0.2, 0.25) is 0 Å². The van der Waals surface area contributed by atoms with Gasteiger partial charge < -0.3 is 4.74 Å². The van der Waals surface area contributed by atoms with Crippen LogP contribution in [0.3, 0.4) is 0 Å². The minimum absolute atomic E-state index is 0.119. The lowest BCUT2D eigenvalue weighted by molar-refractivity contribution is 0.191. The van der Waals surface area contributed by atoms with Crippen molar-refractivity contribution < 1.29 is 21.9 Å². The van der Waals surface area contributed by atoms with Crippen LogP contribution in [0, 0.1) is 17.0 Å². The van der Waals surface area contributed by atoms with Crippen LogP contribution in [0.1, 0.15) is 13.8 Å². The number of benzene rings is 1. The van der Waals surface area contributed by atoms with E-state index in [2.05, 4.69) is 15.9 Å². The Morgan fingerprint density at radius 1 is 1.37 bits per heavy atom. The van der Waals surface area contributed by atoms with E-state index < -0.39 is 26.1 Å². The molecule has 0 amide bonds. The molecule has 3 nitrogen and oxygen atoms in total. The molecule has 0 atom stereocenters. The van der Waals surface area contributed by atoms with Gasteiger partial charge in [-0.3, -0.25) is 0 Å². The second-order valence-corrected chi connectivity index (χ2v) is 8.53. The third-order valence-electron chi connectivity index (χ3n) is 2.14. The van der Waals surface area contributed by atoms with Gasteiger partial charge in [-0.2, -0.15) is 4.39 Å². The molecule has 0 spiro atoms. The van der Waals surface area contributed by atoms with E-state index in [9.17, 15) is 17.2 Å². The molecule has 108 valence electrons. The molecule has 0 saturated heterocycles. The number of hydrogen-bond acceptors (Lipinski definition) is 3. The van der Waals surface area contributed by atoms with Gasteiger partial charge >= 0.3 is 0 Å². The summed E-state index contributed by atoms with van der Waals surface area (Å²) in [6, 6.07) is 2.24. The van der Waals surface area contributed by atoms with Crippen molar-refractivity contribution >= 4 is 35.7 Å². The molecule has 0 bridgehead atoms. The zero-order valence-corrected chi connectivity index (χ0v) is 13.4. The molecule has 1 rings (SSSR count). The molecule has 0 aliphatic heterocycles. The van der Waals surface area contributed by atoms with Gasteiger partial charge in [0.05, 0.1) is 12.4 Å². The van der Waals surface area contributed by atoms with Gasteiger partial charge in [-0.25, -0.2) is 12.8 Å². The summed E-state index contributed by atoms with van der Waals surface area (Å²) < 4.78 is 54.0. The Labute approximate surface area is 123 Å². The van der Waals surface area contributed by atoms with Gasteiger partial charge in [0, 0.05) is 20.6 Å². The fraction of sp³-hybridized carbons (Fsp3) is 0.455. The second kappa shape index (κ2) is 5.93. The molecule has 8 heteroatoms. The van der Waals surface area contributed by atoms with Crippen molar-refractivity contribution in [1.82, 2.24) is 0 Å². The van der Waals surface area contributed by atoms with E-state index in [0.29, 0.717) is 4.47 Å². The Morgan fingerprint density at radius 2 is 1.95 bits per heavy atom. The standard InChI is InChI=1S/C11H12BrClF2O3S/c1-11(2,6-19(13,16)17)5-18-9-4-7(12)3-8(14)10(9)15/h3-4H,5-6H2,1-2H3. The highest BCUT2D eigenvalue weighted by atomic mass is 79.9. The van der Waals surface area contributed by atoms with Crippen molar-refractivity contribution in [3.63, 3.8) is 0 Å². The van der Waals surface area contributed by atoms with Crippen LogP contribution in [0.5, 0.6) is 5.75 Å². The summed E-state index contributed by atoms with van der Waals surface area (Å²) in [6.45, 7) is 3.07. The minimum atomic E-state index is -3.70. The highest BCUT2D eigenvalue weighted by Gasteiger charge is 2.26. The van der Waals surface area contributed by atoms with Crippen LogP contribution in [0.25, 0.3) is 0 Å². The lowest BCUT2D eigenvalue weighted by Crippen LogP contribution is -2.28. The maximum atomic E-state index is 13.4. The Balaban J connectivity index is 2.82. The monoisotopic (exact) mass is 376 g/mol. The van der Waals surface area contributed by atoms with E-state index in [1.165, 1.54) is 6.07 Å². The van der Waals surface area contributed by atoms with Gasteiger partial charge in [0.15, 0.2) is 11.6 Å². The van der Waals surface area contributed by atoms with Crippen LogP contribution >= 0.6 is 26.6 Å². The van der Waals surface area contributed by atoms with Crippen molar-refractivity contribution in [3.05, 3.63) is 28.2 Å². The summed E-state index contributed by atoms with van der Waals surface area (Å²) in [5.41, 5.74) is -0.828. The maximum Gasteiger partial charge on any atom is 0.233 e. The Hall–Kier alpha value is -0.400. The van der Waals surface area contributed by atoms with Crippen LogP contribution in [-0.2, 0) is 9.05 Å². The lowest BCUT2D eigenvalue weighted by atomic mass is 9.98. The van der Waals surface area contributed by atoms with Gasteiger partial charge in [0.25, 0.3) is 0 Å². The minimum Gasteiger partial charge on any atom is -0.490 e. The Kier molecular flexibility index (Phi) is 5.20. The molecule has 0 fully saturated rings. The molecule has 19 heavy (non-hydrogen) atoms. The van der Waals surface area contributed by atoms with Gasteiger partial charge in [-0.15, -0.1) is 0 Å². The molecule has 0 saturated carbocycles. The predicted octanol–water partition coefficient (Wildman–Crippen LogP) is 3.70. The predicted molar refractivity (Wildman–Crippen MR) is 73.0 cm³/mol. The van der Waals surface area contributed by atoms with Crippen LogP contribution < -0.4 is 4.74 Å². The normalized spacial score (nSPS) is 12.5. The van der Waals surface area contributed by atoms with Gasteiger partial charge in [-0.05, 0) is 12.1 Å². The zero-order chi connectivity index (χ0) is 14.8. The molecule has 1 aromatic rings. The molecule has 0 aliphatic carbocycles. The summed E-state index contributed by atoms with van der Waals surface area (Å²) >= 11 is 3.01. The first kappa shape index (κ1) is 16.7. The molecule has 0 aliphatic rings. The third kappa shape index (κ3) is 5.62. The molecular formula is C11H12BrClF2O3S. The van der Waals surface area contributed by atoms with Gasteiger partial charge in [0.2, 0.25) is 14.9 Å². The average Bonchev–Trinajstić information content (AvgIpc) is 2.17. The van der Waals surface area contributed by atoms with Crippen molar-refractivity contribution in [2.24, 2.45) is 5.41 Å².